The first-order chi connectivity index (χ1) is 29.1. The van der Waals surface area contributed by atoms with Crippen molar-refractivity contribution in [3.63, 3.8) is 0 Å². The van der Waals surface area contributed by atoms with E-state index in [1.165, 1.54) is 0 Å². The molecule has 0 atom stereocenters. The number of rotatable bonds is 14. The van der Waals surface area contributed by atoms with Gasteiger partial charge in [-0.05, 0) is 50.2 Å². The van der Waals surface area contributed by atoms with Gasteiger partial charge in [0.2, 0.25) is 11.8 Å². The minimum Gasteiger partial charge on any atom is -0.496 e. The molecular weight excluding hydrogens is 896 g/mol. The summed E-state index contributed by atoms with van der Waals surface area (Å²) >= 11 is 6.90. The largest absolute Gasteiger partial charge is 0.496 e. The highest BCUT2D eigenvalue weighted by atomic mass is 79.9. The molecule has 6 aromatic rings. The summed E-state index contributed by atoms with van der Waals surface area (Å²) in [5.74, 6) is 3.73. The Bertz CT molecular complexity index is 2310. The van der Waals surface area contributed by atoms with E-state index in [1.54, 1.807) is 66.9 Å². The second-order valence-corrected chi connectivity index (χ2v) is 14.2. The van der Waals surface area contributed by atoms with Gasteiger partial charge in [0.15, 0.2) is 0 Å². The van der Waals surface area contributed by atoms with E-state index in [0.717, 1.165) is 20.1 Å². The maximum Gasteiger partial charge on any atom is 0.232 e. The number of ether oxygens (including phenoxy) is 8. The van der Waals surface area contributed by atoms with Gasteiger partial charge in [0.25, 0.3) is 0 Å². The van der Waals surface area contributed by atoms with Crippen LogP contribution in [0.5, 0.6) is 46.3 Å². The van der Waals surface area contributed by atoms with Gasteiger partial charge in [-0.2, -0.15) is 10.5 Å². The zero-order valence-corrected chi connectivity index (χ0v) is 37.5. The molecule has 6 rings (SSSR count). The van der Waals surface area contributed by atoms with Crippen LogP contribution in [0.2, 0.25) is 0 Å². The van der Waals surface area contributed by atoms with E-state index in [4.69, 9.17) is 37.9 Å². The van der Waals surface area contributed by atoms with Crippen LogP contribution < -0.4 is 37.9 Å². The van der Waals surface area contributed by atoms with E-state index in [1.807, 2.05) is 74.5 Å². The van der Waals surface area contributed by atoms with E-state index in [0.29, 0.717) is 92.5 Å². The molecule has 2 heterocycles. The lowest BCUT2D eigenvalue weighted by molar-refractivity contribution is 0.326. The topological polar surface area (TPSA) is 147 Å². The number of methoxy groups -OCH3 is 6. The Labute approximate surface area is 366 Å². The van der Waals surface area contributed by atoms with Crippen molar-refractivity contribution in [3.8, 4) is 103 Å². The van der Waals surface area contributed by atoms with Gasteiger partial charge in [-0.3, -0.25) is 0 Å². The van der Waals surface area contributed by atoms with Crippen LogP contribution >= 0.6 is 31.9 Å². The quantitative estimate of drug-likeness (QED) is 0.102. The number of aromatic nitrogens is 2. The van der Waals surface area contributed by atoms with Crippen LogP contribution in [0.15, 0.2) is 93.9 Å². The molecule has 0 aliphatic rings. The van der Waals surface area contributed by atoms with Crippen molar-refractivity contribution in [1.82, 2.24) is 9.97 Å². The first kappa shape index (κ1) is 44.6. The molecule has 12 nitrogen and oxygen atoms in total. The Morgan fingerprint density at radius 1 is 0.483 bits per heavy atom. The third-order valence-electron chi connectivity index (χ3n) is 9.01. The summed E-state index contributed by atoms with van der Waals surface area (Å²) in [5, 5.41) is 19.9. The minimum atomic E-state index is 0.260. The summed E-state index contributed by atoms with van der Waals surface area (Å²) in [7, 11) is 9.38. The minimum absolute atomic E-state index is 0.260. The van der Waals surface area contributed by atoms with Crippen LogP contribution in [0.1, 0.15) is 25.0 Å². The van der Waals surface area contributed by atoms with Gasteiger partial charge in [-0.15, -0.1) is 0 Å². The molecule has 308 valence electrons. The highest BCUT2D eigenvalue weighted by molar-refractivity contribution is 9.10. The van der Waals surface area contributed by atoms with Gasteiger partial charge in [-0.1, -0.05) is 56.1 Å². The second kappa shape index (κ2) is 21.0. The molecule has 0 saturated heterocycles. The molecule has 0 amide bonds. The number of hydrogen-bond donors (Lipinski definition) is 0. The number of halogens is 2. The van der Waals surface area contributed by atoms with Gasteiger partial charge in [-0.25, -0.2) is 9.97 Å². The first-order valence-electron chi connectivity index (χ1n) is 18.4. The number of hydrogen-bond acceptors (Lipinski definition) is 12. The summed E-state index contributed by atoms with van der Waals surface area (Å²) in [4.78, 5) is 9.20. The molecule has 0 spiro atoms. The number of nitriles is 2. The third kappa shape index (κ3) is 9.85. The maximum absolute atomic E-state index is 9.93. The Kier molecular flexibility index (Phi) is 15.6. The molecule has 0 radical (unpaired) electrons. The Morgan fingerprint density at radius 3 is 1.05 bits per heavy atom. The molecule has 2 aromatic heterocycles. The SMILES string of the molecule is CCOc1nc(-c2ccc(Br)cc2)cc(-c2c(OC)cc(OC)cc2OC)c1C#N.CCOc1nc(-c2ccc(Br)cc2)cc(-c2c(OC)cc(OC)cc2OC)c1C#N. The summed E-state index contributed by atoms with van der Waals surface area (Å²) in [6.45, 7) is 4.45. The van der Waals surface area contributed by atoms with Crippen molar-refractivity contribution in [2.75, 3.05) is 55.9 Å². The molecule has 0 saturated carbocycles. The summed E-state index contributed by atoms with van der Waals surface area (Å²) in [5.41, 5.74) is 6.17. The lowest BCUT2D eigenvalue weighted by Gasteiger charge is -2.18. The van der Waals surface area contributed by atoms with Crippen LogP contribution in [0.4, 0.5) is 0 Å². The van der Waals surface area contributed by atoms with Crippen LogP contribution in [0.25, 0.3) is 44.8 Å². The summed E-state index contributed by atoms with van der Waals surface area (Å²) < 4.78 is 46.5. The van der Waals surface area contributed by atoms with Gasteiger partial charge in [0, 0.05) is 55.5 Å². The van der Waals surface area contributed by atoms with E-state index in [9.17, 15) is 10.5 Å². The summed E-state index contributed by atoms with van der Waals surface area (Å²) in [6.07, 6.45) is 0. The number of pyridine rings is 2. The zero-order chi connectivity index (χ0) is 43.3. The van der Waals surface area contributed by atoms with Crippen LogP contribution in [-0.2, 0) is 0 Å². The molecule has 14 heteroatoms. The predicted octanol–water partition coefficient (Wildman–Crippen LogP) is 10.9. The Balaban J connectivity index is 0.000000228. The highest BCUT2D eigenvalue weighted by Crippen LogP contribution is 2.47. The molecule has 0 aliphatic heterocycles. The van der Waals surface area contributed by atoms with Crippen LogP contribution in [-0.4, -0.2) is 65.8 Å². The standard InChI is InChI=1S/2C23H21BrN2O4/c2*1-5-30-23-18(13-25)17(12-19(26-23)14-6-8-15(24)9-7-14)22-20(28-3)10-16(27-2)11-21(22)29-4/h2*6-12H,5H2,1-4H3. The van der Waals surface area contributed by atoms with Crippen LogP contribution in [0.3, 0.4) is 0 Å². The maximum atomic E-state index is 9.93. The average Bonchev–Trinajstić information content (AvgIpc) is 3.28. The molecule has 0 bridgehead atoms. The van der Waals surface area contributed by atoms with Crippen molar-refractivity contribution in [1.29, 1.82) is 10.5 Å². The third-order valence-corrected chi connectivity index (χ3v) is 10.1. The van der Waals surface area contributed by atoms with Gasteiger partial charge >= 0.3 is 0 Å². The van der Waals surface area contributed by atoms with Crippen molar-refractivity contribution in [2.24, 2.45) is 0 Å². The molecule has 0 fully saturated rings. The van der Waals surface area contributed by atoms with Gasteiger partial charge in [0.1, 0.15) is 57.8 Å². The van der Waals surface area contributed by atoms with E-state index in [-0.39, 0.29) is 11.8 Å². The molecular formula is C46H42Br2N4O8. The number of benzene rings is 4. The van der Waals surface area contributed by atoms with Crippen molar-refractivity contribution in [3.05, 3.63) is 105 Å². The van der Waals surface area contributed by atoms with E-state index < -0.39 is 0 Å². The fourth-order valence-corrected chi connectivity index (χ4v) is 6.74. The van der Waals surface area contributed by atoms with Crippen molar-refractivity contribution < 1.29 is 37.9 Å². The second-order valence-electron chi connectivity index (χ2n) is 12.4. The van der Waals surface area contributed by atoms with Gasteiger partial charge in [0.05, 0.1) is 78.4 Å². The fourth-order valence-electron chi connectivity index (χ4n) is 6.22. The highest BCUT2D eigenvalue weighted by Gasteiger charge is 2.25. The smallest absolute Gasteiger partial charge is 0.232 e. The monoisotopic (exact) mass is 936 g/mol. The lowest BCUT2D eigenvalue weighted by Crippen LogP contribution is -2.03. The Morgan fingerprint density at radius 2 is 0.800 bits per heavy atom. The van der Waals surface area contributed by atoms with Gasteiger partial charge < -0.3 is 37.9 Å². The van der Waals surface area contributed by atoms with Crippen molar-refractivity contribution >= 4 is 31.9 Å². The van der Waals surface area contributed by atoms with E-state index in [2.05, 4.69) is 54.0 Å². The van der Waals surface area contributed by atoms with E-state index >= 15 is 0 Å². The molecule has 60 heavy (non-hydrogen) atoms. The number of nitrogens with zero attached hydrogens (tertiary/aromatic N) is 4. The molecule has 0 unspecified atom stereocenters. The lowest BCUT2D eigenvalue weighted by atomic mass is 9.96. The molecule has 0 aliphatic carbocycles. The average molecular weight is 939 g/mol. The zero-order valence-electron chi connectivity index (χ0n) is 34.3. The molecule has 0 N–H and O–H groups in total. The normalized spacial score (nSPS) is 10.3. The van der Waals surface area contributed by atoms with Crippen LogP contribution in [0, 0.1) is 22.7 Å². The Hall–Kier alpha value is -6.48. The summed E-state index contributed by atoms with van der Waals surface area (Å²) in [6, 6.07) is 30.7. The predicted molar refractivity (Wildman–Crippen MR) is 237 cm³/mol. The molecule has 4 aromatic carbocycles. The first-order valence-corrected chi connectivity index (χ1v) is 20.0. The fraction of sp³-hybridized carbons (Fsp3) is 0.217. The van der Waals surface area contributed by atoms with Crippen molar-refractivity contribution in [2.45, 2.75) is 13.8 Å².